The summed E-state index contributed by atoms with van der Waals surface area (Å²) in [7, 11) is 0. The number of carbonyl (C=O) groups is 1. The monoisotopic (exact) mass is 408 g/mol. The maximum atomic E-state index is 13.1. The van der Waals surface area contributed by atoms with Gasteiger partial charge in [0.25, 0.3) is 5.91 Å². The molecule has 4 N–H and O–H groups in total. The van der Waals surface area contributed by atoms with E-state index in [0.29, 0.717) is 36.0 Å². The largest absolute Gasteiger partial charge is 0.393 e. The van der Waals surface area contributed by atoms with Gasteiger partial charge in [-0.25, -0.2) is 14.4 Å². The molecule has 4 rings (SSSR count). The number of nitrogen functional groups attached to an aromatic ring is 1. The van der Waals surface area contributed by atoms with Crippen molar-refractivity contribution in [2.45, 2.75) is 0 Å². The summed E-state index contributed by atoms with van der Waals surface area (Å²) in [6.45, 7) is 2.88. The van der Waals surface area contributed by atoms with Gasteiger partial charge in [-0.05, 0) is 36.4 Å². The van der Waals surface area contributed by atoms with Gasteiger partial charge >= 0.3 is 0 Å². The number of nitrogens with zero attached hydrogens (tertiary/aromatic N) is 5. The number of benzene rings is 1. The zero-order valence-electron chi connectivity index (χ0n) is 16.1. The third-order valence-electron chi connectivity index (χ3n) is 4.85. The lowest BCUT2D eigenvalue weighted by molar-refractivity contribution is 0.0962. The van der Waals surface area contributed by atoms with Crippen molar-refractivity contribution in [3.05, 3.63) is 66.5 Å². The number of hydrazine groups is 1. The van der Waals surface area contributed by atoms with E-state index in [1.54, 1.807) is 30.5 Å². The predicted octanol–water partition coefficient (Wildman–Crippen LogP) is 1.68. The summed E-state index contributed by atoms with van der Waals surface area (Å²) in [4.78, 5) is 28.8. The standard InChI is InChI=1S/C20H21FN8O/c21-15-3-5-16(6-4-15)28-8-10-29(11-9-28)19-17(22)18(24-13-25-19)26-27-20(30)14-2-1-7-23-12-14/h1-7,12-13H,8-11,22H2,(H,27,30)(H,24,25,26). The number of carbonyl (C=O) groups excluding carboxylic acids is 1. The highest BCUT2D eigenvalue weighted by Gasteiger charge is 2.21. The van der Waals surface area contributed by atoms with E-state index in [9.17, 15) is 9.18 Å². The first-order valence-electron chi connectivity index (χ1n) is 9.44. The zero-order chi connectivity index (χ0) is 20.9. The molecule has 1 fully saturated rings. The SMILES string of the molecule is Nc1c(NNC(=O)c2cccnc2)ncnc1N1CCN(c2ccc(F)cc2)CC1. The molecule has 1 saturated heterocycles. The quantitative estimate of drug-likeness (QED) is 0.547. The Morgan fingerprint density at radius 2 is 1.77 bits per heavy atom. The molecule has 3 heterocycles. The summed E-state index contributed by atoms with van der Waals surface area (Å²) in [5.74, 6) is 0.317. The second-order valence-corrected chi connectivity index (χ2v) is 6.73. The van der Waals surface area contributed by atoms with Crippen molar-refractivity contribution in [3.8, 4) is 0 Å². The molecule has 0 spiro atoms. The molecule has 0 saturated carbocycles. The van der Waals surface area contributed by atoms with E-state index in [4.69, 9.17) is 5.73 Å². The summed E-state index contributed by atoms with van der Waals surface area (Å²) in [6.07, 6.45) is 4.46. The Morgan fingerprint density at radius 1 is 1.03 bits per heavy atom. The Labute approximate surface area is 172 Å². The topological polar surface area (TPSA) is 112 Å². The number of anilines is 4. The number of pyridine rings is 1. The molecule has 1 aromatic carbocycles. The fraction of sp³-hybridized carbons (Fsp3) is 0.200. The number of piperazine rings is 1. The van der Waals surface area contributed by atoms with Gasteiger partial charge in [0.05, 0.1) is 5.56 Å². The van der Waals surface area contributed by atoms with Gasteiger partial charge in [-0.2, -0.15) is 0 Å². The van der Waals surface area contributed by atoms with Crippen LogP contribution >= 0.6 is 0 Å². The highest BCUT2D eigenvalue weighted by atomic mass is 19.1. The first kappa shape index (κ1) is 19.4. The van der Waals surface area contributed by atoms with Crippen LogP contribution in [0.3, 0.4) is 0 Å². The van der Waals surface area contributed by atoms with Crippen molar-refractivity contribution in [1.29, 1.82) is 0 Å². The molecule has 0 radical (unpaired) electrons. The number of amides is 1. The molecule has 3 aromatic rings. The van der Waals surface area contributed by atoms with Gasteiger partial charge < -0.3 is 15.5 Å². The normalized spacial score (nSPS) is 13.8. The predicted molar refractivity (Wildman–Crippen MR) is 113 cm³/mol. The Morgan fingerprint density at radius 3 is 2.47 bits per heavy atom. The lowest BCUT2D eigenvalue weighted by Gasteiger charge is -2.37. The van der Waals surface area contributed by atoms with Crippen LogP contribution in [0.1, 0.15) is 10.4 Å². The molecule has 1 amide bonds. The van der Waals surface area contributed by atoms with E-state index in [0.717, 1.165) is 18.8 Å². The van der Waals surface area contributed by atoms with Crippen LogP contribution in [0.5, 0.6) is 0 Å². The van der Waals surface area contributed by atoms with Crippen molar-refractivity contribution >= 4 is 28.9 Å². The van der Waals surface area contributed by atoms with E-state index in [1.807, 2.05) is 0 Å². The summed E-state index contributed by atoms with van der Waals surface area (Å²) in [5, 5.41) is 0. The van der Waals surface area contributed by atoms with E-state index < -0.39 is 0 Å². The van der Waals surface area contributed by atoms with Crippen LogP contribution < -0.4 is 26.4 Å². The lowest BCUT2D eigenvalue weighted by atomic mass is 10.2. The van der Waals surface area contributed by atoms with Gasteiger partial charge in [-0.15, -0.1) is 0 Å². The van der Waals surface area contributed by atoms with Crippen LogP contribution in [0, 0.1) is 5.82 Å². The molecule has 0 atom stereocenters. The Balaban J connectivity index is 1.39. The van der Waals surface area contributed by atoms with Crippen LogP contribution in [0.4, 0.5) is 27.4 Å². The number of nitrogens with two attached hydrogens (primary N) is 1. The molecule has 0 unspecified atom stereocenters. The van der Waals surface area contributed by atoms with Crippen molar-refractivity contribution in [1.82, 2.24) is 20.4 Å². The summed E-state index contributed by atoms with van der Waals surface area (Å²) in [5.41, 5.74) is 13.3. The minimum Gasteiger partial charge on any atom is -0.393 e. The van der Waals surface area contributed by atoms with Crippen LogP contribution in [-0.4, -0.2) is 47.0 Å². The highest BCUT2D eigenvalue weighted by Crippen LogP contribution is 2.27. The van der Waals surface area contributed by atoms with Gasteiger partial charge in [-0.3, -0.25) is 20.6 Å². The molecule has 0 aliphatic carbocycles. The third kappa shape index (κ3) is 4.22. The second kappa shape index (κ2) is 8.60. The second-order valence-electron chi connectivity index (χ2n) is 6.73. The molecule has 154 valence electrons. The first-order valence-corrected chi connectivity index (χ1v) is 9.44. The molecule has 2 aromatic heterocycles. The van der Waals surface area contributed by atoms with E-state index in [1.165, 1.54) is 24.7 Å². The van der Waals surface area contributed by atoms with Crippen molar-refractivity contribution in [2.75, 3.05) is 47.1 Å². The first-order chi connectivity index (χ1) is 14.6. The van der Waals surface area contributed by atoms with Crippen molar-refractivity contribution in [3.63, 3.8) is 0 Å². The molecule has 10 heteroatoms. The number of hydrogen-bond donors (Lipinski definition) is 3. The maximum absolute atomic E-state index is 13.1. The smallest absolute Gasteiger partial charge is 0.271 e. The van der Waals surface area contributed by atoms with Gasteiger partial charge in [0.1, 0.15) is 17.8 Å². The molecule has 0 bridgehead atoms. The molecule has 1 aliphatic heterocycles. The van der Waals surface area contributed by atoms with Gasteiger partial charge in [0.2, 0.25) is 0 Å². The van der Waals surface area contributed by atoms with E-state index in [2.05, 4.69) is 35.6 Å². The summed E-state index contributed by atoms with van der Waals surface area (Å²) in [6, 6.07) is 9.80. The van der Waals surface area contributed by atoms with Crippen molar-refractivity contribution in [2.24, 2.45) is 0 Å². The fourth-order valence-corrected chi connectivity index (χ4v) is 3.25. The summed E-state index contributed by atoms with van der Waals surface area (Å²) < 4.78 is 13.1. The third-order valence-corrected chi connectivity index (χ3v) is 4.85. The van der Waals surface area contributed by atoms with E-state index >= 15 is 0 Å². The molecular formula is C20H21FN8O. The number of rotatable bonds is 5. The fourth-order valence-electron chi connectivity index (χ4n) is 3.25. The Bertz CT molecular complexity index is 1010. The van der Waals surface area contributed by atoms with Crippen LogP contribution in [0.25, 0.3) is 0 Å². The van der Waals surface area contributed by atoms with Crippen LogP contribution in [-0.2, 0) is 0 Å². The van der Waals surface area contributed by atoms with Crippen LogP contribution in [0.15, 0.2) is 55.1 Å². The van der Waals surface area contributed by atoms with Crippen LogP contribution in [0.2, 0.25) is 0 Å². The van der Waals surface area contributed by atoms with Crippen molar-refractivity contribution < 1.29 is 9.18 Å². The zero-order valence-corrected chi connectivity index (χ0v) is 16.1. The van der Waals surface area contributed by atoms with E-state index in [-0.39, 0.29) is 11.7 Å². The Hall–Kier alpha value is -3.95. The minimum absolute atomic E-state index is 0.248. The average molecular weight is 408 g/mol. The maximum Gasteiger partial charge on any atom is 0.271 e. The lowest BCUT2D eigenvalue weighted by Crippen LogP contribution is -2.47. The minimum atomic E-state index is -0.351. The number of halogens is 1. The van der Waals surface area contributed by atoms with Gasteiger partial charge in [-0.1, -0.05) is 0 Å². The molecular weight excluding hydrogens is 387 g/mol. The summed E-state index contributed by atoms with van der Waals surface area (Å²) >= 11 is 0. The molecule has 1 aliphatic rings. The molecule has 9 nitrogen and oxygen atoms in total. The number of hydrogen-bond acceptors (Lipinski definition) is 8. The number of nitrogens with one attached hydrogen (secondary N) is 2. The average Bonchev–Trinajstić information content (AvgIpc) is 2.79. The number of aromatic nitrogens is 3. The van der Waals surface area contributed by atoms with Gasteiger partial charge in [0.15, 0.2) is 11.6 Å². The molecule has 30 heavy (non-hydrogen) atoms. The highest BCUT2D eigenvalue weighted by molar-refractivity contribution is 5.94. The Kier molecular flexibility index (Phi) is 5.55. The van der Waals surface area contributed by atoms with Gasteiger partial charge in [0, 0.05) is 44.3 Å².